The number of ether oxygens (including phenoxy) is 5. The zero-order chi connectivity index (χ0) is 46.6. The molecule has 2 N–H and O–H groups in total. The molecular weight excluding hydrogens is 833 g/mol. The van der Waals surface area contributed by atoms with Crippen LogP contribution in [-0.2, 0) is 55.7 Å². The van der Waals surface area contributed by atoms with Crippen molar-refractivity contribution in [2.75, 3.05) is 27.3 Å². The van der Waals surface area contributed by atoms with E-state index in [4.69, 9.17) is 28.5 Å². The molecule has 2 aromatic heterocycles. The molecule has 3 aliphatic heterocycles. The number of hydrogen-bond donors (Lipinski definition) is 2. The second kappa shape index (κ2) is 20.3. The Morgan fingerprint density at radius 2 is 1.83 bits per heavy atom. The quantitative estimate of drug-likeness (QED) is 0.213. The maximum Gasteiger partial charge on any atom is 0.435 e. The van der Waals surface area contributed by atoms with Gasteiger partial charge in [0, 0.05) is 49.0 Å². The van der Waals surface area contributed by atoms with Crippen molar-refractivity contribution >= 4 is 29.1 Å². The summed E-state index contributed by atoms with van der Waals surface area (Å²) < 4.78 is 72.4. The Bertz CT molecular complexity index is 1970. The highest BCUT2D eigenvalue weighted by Gasteiger charge is 2.52. The number of fused-ring (bicyclic) bond motifs is 5. The number of aliphatic imine (C=N–C) groups is 1. The van der Waals surface area contributed by atoms with Crippen molar-refractivity contribution in [3.05, 3.63) is 41.9 Å². The monoisotopic (exact) mass is 894 g/mol. The zero-order valence-electron chi connectivity index (χ0n) is 37.5. The fourth-order valence-corrected chi connectivity index (χ4v) is 8.46. The van der Waals surface area contributed by atoms with E-state index in [9.17, 15) is 37.8 Å². The Morgan fingerprint density at radius 1 is 1.11 bits per heavy atom. The van der Waals surface area contributed by atoms with Gasteiger partial charge in [-0.05, 0) is 79.1 Å². The average Bonchev–Trinajstić information content (AvgIpc) is 3.72. The van der Waals surface area contributed by atoms with Gasteiger partial charge in [0.25, 0.3) is 0 Å². The van der Waals surface area contributed by atoms with E-state index in [0.717, 1.165) is 16.9 Å². The number of aliphatic hydroxyl groups excluding tert-OH is 1. The van der Waals surface area contributed by atoms with Crippen LogP contribution in [0.2, 0.25) is 0 Å². The van der Waals surface area contributed by atoms with Crippen molar-refractivity contribution in [2.45, 2.75) is 148 Å². The molecule has 17 nitrogen and oxygen atoms in total. The minimum atomic E-state index is -4.61. The lowest BCUT2D eigenvalue weighted by molar-refractivity contribution is -0.296. The number of pyridine rings is 1. The van der Waals surface area contributed by atoms with Crippen molar-refractivity contribution in [1.82, 2.24) is 19.7 Å². The number of hydrogen-bond acceptors (Lipinski definition) is 15. The van der Waals surface area contributed by atoms with E-state index in [1.54, 1.807) is 26.8 Å². The van der Waals surface area contributed by atoms with Crippen LogP contribution in [0.15, 0.2) is 40.7 Å². The van der Waals surface area contributed by atoms with Crippen molar-refractivity contribution in [3.8, 4) is 5.82 Å². The molecule has 63 heavy (non-hydrogen) atoms. The van der Waals surface area contributed by atoms with Crippen LogP contribution in [0.3, 0.4) is 0 Å². The van der Waals surface area contributed by atoms with E-state index in [-0.39, 0.29) is 62.8 Å². The lowest BCUT2D eigenvalue weighted by Crippen LogP contribution is -2.59. The van der Waals surface area contributed by atoms with Gasteiger partial charge in [-0.25, -0.2) is 14.7 Å². The molecule has 350 valence electrons. The van der Waals surface area contributed by atoms with Gasteiger partial charge in [-0.2, -0.15) is 18.3 Å². The Kier molecular flexibility index (Phi) is 16.1. The molecule has 0 aliphatic carbocycles. The summed E-state index contributed by atoms with van der Waals surface area (Å²) >= 11 is 0. The number of rotatable bonds is 8. The third-order valence-electron chi connectivity index (χ3n) is 12.1. The van der Waals surface area contributed by atoms with E-state index in [1.807, 2.05) is 32.8 Å². The average molecular weight is 895 g/mol. The smallest absolute Gasteiger partial charge is 0.435 e. The number of esters is 1. The largest absolute Gasteiger partial charge is 0.459 e. The van der Waals surface area contributed by atoms with Gasteiger partial charge in [0.05, 0.1) is 37.1 Å². The third-order valence-corrected chi connectivity index (χ3v) is 12.1. The summed E-state index contributed by atoms with van der Waals surface area (Å²) in [5.74, 6) is -4.74. The van der Waals surface area contributed by atoms with Gasteiger partial charge < -0.3 is 43.6 Å². The molecule has 0 spiro atoms. The van der Waals surface area contributed by atoms with Crippen LogP contribution in [0.1, 0.15) is 92.3 Å². The number of likely N-dealkylation sites (N-methyl/N-ethyl adjacent to an activating group) is 1. The van der Waals surface area contributed by atoms with Gasteiger partial charge in [0.1, 0.15) is 36.0 Å². The maximum atomic E-state index is 14.5. The number of amides is 1. The summed E-state index contributed by atoms with van der Waals surface area (Å²) in [5.41, 5.74) is -3.39. The second-order valence-electron chi connectivity index (χ2n) is 17.5. The molecule has 0 unspecified atom stereocenters. The highest BCUT2D eigenvalue weighted by atomic mass is 19.4. The first-order valence-corrected chi connectivity index (χ1v) is 21.2. The van der Waals surface area contributed by atoms with Gasteiger partial charge in [-0.1, -0.05) is 32.0 Å². The SMILES string of the molecule is CC[C@@H]1OC(=O)[C@H](C)C(=O)[C@H](C)[C@@H](O[C@@H]2O[C@H](C)C[C@H](N(C)C)[C@H]2O)[C@@]2(C)C[C@@H](C)C(=NC(C)=O)C[C@H](OC/C(=N/OCc3ccc(-n4ccc(C(F)(F)F)n4)nc3)CO2)[C@]1(C)O. The molecule has 5 heterocycles. The van der Waals surface area contributed by atoms with Gasteiger partial charge in [-0.15, -0.1) is 0 Å². The number of cyclic esters (lactones) is 1. The Balaban J connectivity index is 1.57. The van der Waals surface area contributed by atoms with E-state index in [2.05, 4.69) is 20.2 Å². The summed E-state index contributed by atoms with van der Waals surface area (Å²) in [6.45, 7) is 12.2. The van der Waals surface area contributed by atoms with Gasteiger partial charge in [0.15, 0.2) is 23.6 Å². The number of alkyl halides is 3. The normalized spacial score (nSPS) is 35.5. The highest BCUT2D eigenvalue weighted by Crippen LogP contribution is 2.39. The molecule has 3 aliphatic rings. The Hall–Kier alpha value is -4.18. The van der Waals surface area contributed by atoms with Crippen molar-refractivity contribution in [3.63, 3.8) is 0 Å². The van der Waals surface area contributed by atoms with E-state index < -0.39 is 89.2 Å². The number of halogens is 3. The number of nitrogens with zero attached hydrogens (tertiary/aromatic N) is 6. The van der Waals surface area contributed by atoms with E-state index >= 15 is 0 Å². The molecule has 0 radical (unpaired) electrons. The van der Waals surface area contributed by atoms with Crippen molar-refractivity contribution < 1.29 is 66.3 Å². The van der Waals surface area contributed by atoms with Gasteiger partial charge in [0.2, 0.25) is 5.91 Å². The summed E-state index contributed by atoms with van der Waals surface area (Å²) in [4.78, 5) is 57.2. The third kappa shape index (κ3) is 11.9. The Morgan fingerprint density at radius 3 is 2.43 bits per heavy atom. The van der Waals surface area contributed by atoms with Crippen LogP contribution in [0.5, 0.6) is 0 Å². The van der Waals surface area contributed by atoms with Crippen molar-refractivity contribution in [2.24, 2.45) is 27.9 Å². The van der Waals surface area contributed by atoms with Crippen molar-refractivity contribution in [1.29, 1.82) is 0 Å². The van der Waals surface area contributed by atoms with Crippen LogP contribution in [0.25, 0.3) is 5.82 Å². The first kappa shape index (κ1) is 49.8. The van der Waals surface area contributed by atoms with E-state index in [0.29, 0.717) is 17.7 Å². The Labute approximate surface area is 365 Å². The molecule has 0 saturated carbocycles. The first-order valence-electron chi connectivity index (χ1n) is 21.2. The van der Waals surface area contributed by atoms with Crippen LogP contribution < -0.4 is 0 Å². The molecule has 2 aromatic rings. The molecule has 1 amide bonds. The standard InChI is InChI=1S/C43H61F3N6O11/c1-11-33-42(8,57)34-17-30(48-27(6)53)23(2)18-41(7,38(25(4)36(54)26(5)39(56)62-33)63-40-37(55)31(51(9)10)16-24(3)61-40)59-22-29(21-58-34)50-60-20-28-12-13-35(47-19-28)52-15-14-32(49-52)43(44,45)46/h12-15,19,23-26,31,33-34,37-38,40,55,57H,11,16-18,20-22H2,1-10H3/b48-30?,50-29-/t23-,24-,25+,26-,31+,33+,34+,37-,38-,40+,41-,42-/m1/s1. The molecule has 3 fully saturated rings. The predicted octanol–water partition coefficient (Wildman–Crippen LogP) is 4.48. The highest BCUT2D eigenvalue weighted by molar-refractivity contribution is 6.00. The molecule has 2 bridgehead atoms. The minimum Gasteiger partial charge on any atom is -0.459 e. The number of carbonyl (C=O) groups excluding carboxylic acids is 3. The molecule has 20 heteroatoms. The molecule has 5 rings (SSSR count). The topological polar surface area (TPSA) is 206 Å². The van der Waals surface area contributed by atoms with Crippen LogP contribution in [-0.4, -0.2) is 140 Å². The van der Waals surface area contributed by atoms with E-state index in [1.165, 1.54) is 33.0 Å². The molecule has 12 atom stereocenters. The number of carbonyl (C=O) groups is 3. The minimum absolute atomic E-state index is 0.0780. The first-order chi connectivity index (χ1) is 29.4. The number of aromatic nitrogens is 3. The number of oxime groups is 1. The fourth-order valence-electron chi connectivity index (χ4n) is 8.46. The molecule has 3 saturated heterocycles. The number of Topliss-reactive ketones (excluding diaryl/α,β-unsaturated/α-hetero) is 1. The number of aliphatic hydroxyl groups is 2. The summed E-state index contributed by atoms with van der Waals surface area (Å²) in [6.07, 6.45) is -7.71. The summed E-state index contributed by atoms with van der Waals surface area (Å²) in [5, 5.41) is 31.8. The van der Waals surface area contributed by atoms with Gasteiger partial charge >= 0.3 is 12.1 Å². The van der Waals surface area contributed by atoms with Crippen LogP contribution >= 0.6 is 0 Å². The second-order valence-corrected chi connectivity index (χ2v) is 17.5. The lowest BCUT2D eigenvalue weighted by Gasteiger charge is -2.47. The predicted molar refractivity (Wildman–Crippen MR) is 221 cm³/mol. The fraction of sp³-hybridized carbons (Fsp3) is 0.698. The molecular formula is C43H61F3N6O11. The lowest BCUT2D eigenvalue weighted by atomic mass is 9.76. The summed E-state index contributed by atoms with van der Waals surface area (Å²) in [6, 6.07) is 3.53. The van der Waals surface area contributed by atoms with Gasteiger partial charge in [-0.3, -0.25) is 14.4 Å². The zero-order valence-corrected chi connectivity index (χ0v) is 37.5. The summed E-state index contributed by atoms with van der Waals surface area (Å²) in [7, 11) is 3.66. The van der Waals surface area contributed by atoms with Crippen LogP contribution in [0.4, 0.5) is 13.2 Å². The maximum absolute atomic E-state index is 14.5. The number of ketones is 1. The molecule has 0 aromatic carbocycles. The van der Waals surface area contributed by atoms with Crippen LogP contribution in [0, 0.1) is 17.8 Å².